The van der Waals surface area contributed by atoms with Crippen LogP contribution in [0.5, 0.6) is 5.75 Å². The van der Waals surface area contributed by atoms with Crippen LogP contribution in [-0.2, 0) is 22.4 Å². The Balaban J connectivity index is 1.51. The van der Waals surface area contributed by atoms with Gasteiger partial charge < -0.3 is 25.0 Å². The summed E-state index contributed by atoms with van der Waals surface area (Å²) in [6.45, 7) is 1.53. The molecule has 0 spiro atoms. The van der Waals surface area contributed by atoms with Crippen LogP contribution in [0.3, 0.4) is 0 Å². The molecule has 6 nitrogen and oxygen atoms in total. The molecule has 2 aliphatic rings. The van der Waals surface area contributed by atoms with Gasteiger partial charge in [0.15, 0.2) is 0 Å². The quantitative estimate of drug-likeness (QED) is 0.729. The van der Waals surface area contributed by atoms with Crippen molar-refractivity contribution < 1.29 is 24.5 Å². The van der Waals surface area contributed by atoms with Crippen molar-refractivity contribution in [2.24, 2.45) is 5.92 Å². The van der Waals surface area contributed by atoms with Gasteiger partial charge in [-0.15, -0.1) is 0 Å². The fraction of sp³-hybridized carbons (Fsp3) is 0.588. The van der Waals surface area contributed by atoms with Crippen LogP contribution in [-0.4, -0.2) is 54.7 Å². The number of benzene rings is 1. The Morgan fingerprint density at radius 3 is 3.04 bits per heavy atom. The van der Waals surface area contributed by atoms with E-state index in [1.165, 1.54) is 0 Å². The Labute approximate surface area is 135 Å². The van der Waals surface area contributed by atoms with E-state index >= 15 is 0 Å². The molecule has 2 aliphatic heterocycles. The molecule has 0 unspecified atom stereocenters. The van der Waals surface area contributed by atoms with Gasteiger partial charge in [0.05, 0.1) is 32.3 Å². The van der Waals surface area contributed by atoms with E-state index < -0.39 is 12.2 Å². The van der Waals surface area contributed by atoms with Crippen molar-refractivity contribution in [2.75, 3.05) is 26.4 Å². The average Bonchev–Trinajstić information content (AvgIpc) is 2.56. The maximum absolute atomic E-state index is 12.1. The lowest BCUT2D eigenvalue weighted by Crippen LogP contribution is -2.48. The van der Waals surface area contributed by atoms with Crippen LogP contribution in [0.4, 0.5) is 0 Å². The number of carbonyl (C=O) groups is 1. The van der Waals surface area contributed by atoms with Gasteiger partial charge in [-0.1, -0.05) is 12.1 Å². The van der Waals surface area contributed by atoms with E-state index in [1.807, 2.05) is 18.2 Å². The van der Waals surface area contributed by atoms with Gasteiger partial charge in [-0.05, 0) is 30.0 Å². The van der Waals surface area contributed by atoms with Crippen molar-refractivity contribution in [1.29, 1.82) is 0 Å². The summed E-state index contributed by atoms with van der Waals surface area (Å²) in [4.78, 5) is 12.1. The highest BCUT2D eigenvalue weighted by molar-refractivity contribution is 5.78. The number of aliphatic hydroxyl groups excluding tert-OH is 2. The molecule has 1 amide bonds. The molecule has 1 fully saturated rings. The standard InChI is InChI=1S/C17H23NO5/c19-14-10-22-9-13(17(14)21)8-18-16(20)7-11-3-4-15-12(6-11)2-1-5-23-15/h3-4,6,13-14,17,19,21H,1-2,5,7-10H2,(H,18,20)/t13-,14-,17+/m1/s1. The lowest BCUT2D eigenvalue weighted by atomic mass is 9.96. The molecule has 126 valence electrons. The first kappa shape index (κ1) is 16.2. The van der Waals surface area contributed by atoms with Crippen LogP contribution in [0, 0.1) is 5.92 Å². The number of rotatable bonds is 4. The third-order valence-electron chi connectivity index (χ3n) is 4.40. The lowest BCUT2D eigenvalue weighted by molar-refractivity contribution is -0.127. The van der Waals surface area contributed by atoms with Crippen molar-refractivity contribution in [3.05, 3.63) is 29.3 Å². The highest BCUT2D eigenvalue weighted by Crippen LogP contribution is 2.25. The van der Waals surface area contributed by atoms with Gasteiger partial charge >= 0.3 is 0 Å². The Kier molecular flexibility index (Phi) is 5.15. The van der Waals surface area contributed by atoms with Crippen molar-refractivity contribution in [2.45, 2.75) is 31.5 Å². The van der Waals surface area contributed by atoms with Crippen molar-refractivity contribution in [3.63, 3.8) is 0 Å². The van der Waals surface area contributed by atoms with E-state index in [9.17, 15) is 15.0 Å². The molecule has 0 radical (unpaired) electrons. The van der Waals surface area contributed by atoms with Crippen LogP contribution in [0.25, 0.3) is 0 Å². The molecule has 0 saturated carbocycles. The summed E-state index contributed by atoms with van der Waals surface area (Å²) in [5.41, 5.74) is 2.10. The molecular weight excluding hydrogens is 298 g/mol. The molecule has 6 heteroatoms. The van der Waals surface area contributed by atoms with Gasteiger partial charge in [0.1, 0.15) is 11.9 Å². The maximum atomic E-state index is 12.1. The largest absolute Gasteiger partial charge is 0.493 e. The van der Waals surface area contributed by atoms with Crippen molar-refractivity contribution in [3.8, 4) is 5.75 Å². The molecule has 1 aromatic carbocycles. The summed E-state index contributed by atoms with van der Waals surface area (Å²) in [5.74, 6) is 0.533. The molecule has 1 aromatic rings. The number of nitrogens with one attached hydrogen (secondary N) is 1. The zero-order valence-corrected chi connectivity index (χ0v) is 13.0. The van der Waals surface area contributed by atoms with Crippen LogP contribution in [0.2, 0.25) is 0 Å². The van der Waals surface area contributed by atoms with Crippen molar-refractivity contribution >= 4 is 5.91 Å². The highest BCUT2D eigenvalue weighted by atomic mass is 16.5. The molecule has 3 rings (SSSR count). The summed E-state index contributed by atoms with van der Waals surface area (Å²) >= 11 is 0. The Morgan fingerprint density at radius 2 is 2.17 bits per heavy atom. The number of aryl methyl sites for hydroxylation is 1. The summed E-state index contributed by atoms with van der Waals surface area (Å²) in [7, 11) is 0. The predicted molar refractivity (Wildman–Crippen MR) is 83.3 cm³/mol. The number of ether oxygens (including phenoxy) is 2. The number of amides is 1. The lowest BCUT2D eigenvalue weighted by Gasteiger charge is -2.31. The summed E-state index contributed by atoms with van der Waals surface area (Å²) in [5, 5.41) is 22.2. The van der Waals surface area contributed by atoms with E-state index in [0.29, 0.717) is 19.6 Å². The van der Waals surface area contributed by atoms with E-state index in [4.69, 9.17) is 9.47 Å². The van der Waals surface area contributed by atoms with Gasteiger partial charge in [-0.2, -0.15) is 0 Å². The average molecular weight is 321 g/mol. The normalized spacial score (nSPS) is 27.0. The molecule has 1 saturated heterocycles. The zero-order chi connectivity index (χ0) is 16.2. The Morgan fingerprint density at radius 1 is 1.30 bits per heavy atom. The fourth-order valence-electron chi connectivity index (χ4n) is 3.05. The molecule has 23 heavy (non-hydrogen) atoms. The van der Waals surface area contributed by atoms with Gasteiger partial charge in [0.25, 0.3) is 0 Å². The highest BCUT2D eigenvalue weighted by Gasteiger charge is 2.31. The summed E-state index contributed by atoms with van der Waals surface area (Å²) in [6, 6.07) is 5.86. The molecule has 0 bridgehead atoms. The predicted octanol–water partition coefficient (Wildman–Crippen LogP) is 0.0385. The zero-order valence-electron chi connectivity index (χ0n) is 13.0. The van der Waals surface area contributed by atoms with Gasteiger partial charge in [0, 0.05) is 12.5 Å². The van der Waals surface area contributed by atoms with E-state index in [0.717, 1.165) is 36.3 Å². The molecule has 0 aromatic heterocycles. The fourth-order valence-corrected chi connectivity index (χ4v) is 3.05. The third kappa shape index (κ3) is 4.02. The van der Waals surface area contributed by atoms with Crippen LogP contribution >= 0.6 is 0 Å². The minimum atomic E-state index is -0.883. The first-order valence-electron chi connectivity index (χ1n) is 8.08. The van der Waals surface area contributed by atoms with Gasteiger partial charge in [0.2, 0.25) is 5.91 Å². The Hall–Kier alpha value is -1.63. The summed E-state index contributed by atoms with van der Waals surface area (Å²) in [6.07, 6.45) is 0.537. The third-order valence-corrected chi connectivity index (χ3v) is 4.40. The van der Waals surface area contributed by atoms with Gasteiger partial charge in [-0.3, -0.25) is 4.79 Å². The maximum Gasteiger partial charge on any atom is 0.224 e. The molecule has 3 N–H and O–H groups in total. The number of hydrogen-bond donors (Lipinski definition) is 3. The summed E-state index contributed by atoms with van der Waals surface area (Å²) < 4.78 is 10.8. The molecule has 2 heterocycles. The van der Waals surface area contributed by atoms with Crippen LogP contribution in [0.15, 0.2) is 18.2 Å². The molecular formula is C17H23NO5. The van der Waals surface area contributed by atoms with E-state index in [-0.39, 0.29) is 18.4 Å². The topological polar surface area (TPSA) is 88.0 Å². The monoisotopic (exact) mass is 321 g/mol. The van der Waals surface area contributed by atoms with Crippen LogP contribution < -0.4 is 10.1 Å². The van der Waals surface area contributed by atoms with E-state index in [1.54, 1.807) is 0 Å². The van der Waals surface area contributed by atoms with Gasteiger partial charge in [-0.25, -0.2) is 0 Å². The minimum absolute atomic E-state index is 0.103. The Bertz CT molecular complexity index is 562. The number of fused-ring (bicyclic) bond motifs is 1. The molecule has 3 atom stereocenters. The van der Waals surface area contributed by atoms with Crippen molar-refractivity contribution in [1.82, 2.24) is 5.32 Å². The van der Waals surface area contributed by atoms with Crippen LogP contribution in [0.1, 0.15) is 17.5 Å². The second-order valence-corrected chi connectivity index (χ2v) is 6.23. The second kappa shape index (κ2) is 7.29. The molecule has 0 aliphatic carbocycles. The first-order chi connectivity index (χ1) is 11.1. The smallest absolute Gasteiger partial charge is 0.224 e. The number of aliphatic hydroxyl groups is 2. The first-order valence-corrected chi connectivity index (χ1v) is 8.08. The second-order valence-electron chi connectivity index (χ2n) is 6.23. The SMILES string of the molecule is O=C(Cc1ccc2c(c1)CCCO2)NC[C@@H]1COC[C@@H](O)[C@H]1O. The number of carbonyl (C=O) groups excluding carboxylic acids is 1. The number of hydrogen-bond acceptors (Lipinski definition) is 5. The minimum Gasteiger partial charge on any atom is -0.493 e. The van der Waals surface area contributed by atoms with E-state index in [2.05, 4.69) is 5.32 Å².